The number of amides is 1. The van der Waals surface area contributed by atoms with Gasteiger partial charge < -0.3 is 10.1 Å². The van der Waals surface area contributed by atoms with Crippen LogP contribution in [0.15, 0.2) is 47.3 Å². The Hall–Kier alpha value is -3.22. The van der Waals surface area contributed by atoms with Crippen LogP contribution in [0.5, 0.6) is 0 Å². The molecule has 0 saturated heterocycles. The lowest BCUT2D eigenvalue weighted by molar-refractivity contribution is 0.0499. The Labute approximate surface area is 180 Å². The maximum atomic E-state index is 13.6. The first kappa shape index (κ1) is 21.0. The first-order valence-electron chi connectivity index (χ1n) is 10.5. The van der Waals surface area contributed by atoms with E-state index in [1.54, 1.807) is 16.7 Å². The molecule has 2 aromatic carbocycles. The number of benzene rings is 2. The predicted molar refractivity (Wildman–Crippen MR) is 117 cm³/mol. The van der Waals surface area contributed by atoms with Crippen molar-refractivity contribution in [1.29, 1.82) is 0 Å². The molecule has 6 nitrogen and oxygen atoms in total. The van der Waals surface area contributed by atoms with Gasteiger partial charge in [-0.15, -0.1) is 0 Å². The number of carbonyl (C=O) groups excluding carboxylic acids is 1. The van der Waals surface area contributed by atoms with Crippen LogP contribution >= 0.6 is 0 Å². The van der Waals surface area contributed by atoms with Gasteiger partial charge in [-0.3, -0.25) is 9.36 Å². The molecule has 1 amide bonds. The fourth-order valence-electron chi connectivity index (χ4n) is 3.89. The minimum atomic E-state index is -0.562. The molecular formula is C24H26FN3O3. The summed E-state index contributed by atoms with van der Waals surface area (Å²) >= 11 is 0. The first-order chi connectivity index (χ1) is 14.7. The first-order valence-corrected chi connectivity index (χ1v) is 10.5. The van der Waals surface area contributed by atoms with Crippen molar-refractivity contribution in [3.8, 4) is 11.1 Å². The zero-order valence-corrected chi connectivity index (χ0v) is 17.9. The van der Waals surface area contributed by atoms with Gasteiger partial charge in [-0.25, -0.2) is 14.2 Å². The second-order valence-corrected chi connectivity index (χ2v) is 8.90. The van der Waals surface area contributed by atoms with E-state index in [9.17, 15) is 14.0 Å². The number of hydrogen-bond acceptors (Lipinski definition) is 4. The van der Waals surface area contributed by atoms with Gasteiger partial charge in [-0.1, -0.05) is 18.2 Å². The average Bonchev–Trinajstić information content (AvgIpc) is 2.89. The van der Waals surface area contributed by atoms with Gasteiger partial charge >= 0.3 is 6.09 Å². The van der Waals surface area contributed by atoms with E-state index in [4.69, 9.17) is 9.72 Å². The Morgan fingerprint density at radius 3 is 2.68 bits per heavy atom. The van der Waals surface area contributed by atoms with Crippen molar-refractivity contribution in [2.24, 2.45) is 0 Å². The molecule has 1 aliphatic heterocycles. The lowest BCUT2D eigenvalue weighted by Crippen LogP contribution is -2.39. The minimum absolute atomic E-state index is 0.0938. The summed E-state index contributed by atoms with van der Waals surface area (Å²) < 4.78 is 20.7. The van der Waals surface area contributed by atoms with E-state index in [-0.39, 0.29) is 17.4 Å². The molecule has 0 saturated carbocycles. The summed E-state index contributed by atoms with van der Waals surface area (Å²) in [6.07, 6.45) is 1.41. The highest BCUT2D eigenvalue weighted by atomic mass is 19.1. The summed E-state index contributed by atoms with van der Waals surface area (Å²) in [6, 6.07) is 11.6. The third-order valence-electron chi connectivity index (χ3n) is 5.33. The normalized spacial score (nSPS) is 16.5. The summed E-state index contributed by atoms with van der Waals surface area (Å²) in [5.41, 5.74) is 1.48. The predicted octanol–water partition coefficient (Wildman–Crippen LogP) is 4.43. The molecule has 0 bridgehead atoms. The monoisotopic (exact) mass is 423 g/mol. The minimum Gasteiger partial charge on any atom is -0.444 e. The highest BCUT2D eigenvalue weighted by molar-refractivity contribution is 5.83. The zero-order chi connectivity index (χ0) is 22.2. The molecule has 2 heterocycles. The van der Waals surface area contributed by atoms with Crippen molar-refractivity contribution in [2.45, 2.75) is 58.2 Å². The number of aromatic nitrogens is 2. The number of hydrogen-bond donors (Lipinski definition) is 1. The summed E-state index contributed by atoms with van der Waals surface area (Å²) in [5.74, 6) is 0.387. The van der Waals surface area contributed by atoms with Gasteiger partial charge in [0.05, 0.1) is 10.9 Å². The fraction of sp³-hybridized carbons (Fsp3) is 0.375. The number of alkyl carbamates (subject to hydrolysis) is 1. The van der Waals surface area contributed by atoms with Crippen molar-refractivity contribution >= 4 is 17.0 Å². The second kappa shape index (κ2) is 8.13. The maximum absolute atomic E-state index is 13.6. The molecule has 1 unspecified atom stereocenters. The van der Waals surface area contributed by atoms with Crippen molar-refractivity contribution in [3.63, 3.8) is 0 Å². The van der Waals surface area contributed by atoms with E-state index in [2.05, 4.69) is 5.32 Å². The van der Waals surface area contributed by atoms with E-state index in [0.29, 0.717) is 42.5 Å². The van der Waals surface area contributed by atoms with Gasteiger partial charge in [0.15, 0.2) is 0 Å². The van der Waals surface area contributed by atoms with Crippen LogP contribution in [0.2, 0.25) is 0 Å². The third-order valence-corrected chi connectivity index (χ3v) is 5.33. The lowest BCUT2D eigenvalue weighted by atomic mass is 10.0. The van der Waals surface area contributed by atoms with Gasteiger partial charge in [0.2, 0.25) is 0 Å². The molecule has 0 fully saturated rings. The SMILES string of the molecule is CC(C)(C)OC(=O)NC1CCc2nc3cc(-c4cccc(F)c4)ccc3c(=O)n2CC1. The Kier molecular flexibility index (Phi) is 5.52. The number of ether oxygens (including phenoxy) is 1. The van der Waals surface area contributed by atoms with Crippen LogP contribution in [-0.4, -0.2) is 27.3 Å². The van der Waals surface area contributed by atoms with Gasteiger partial charge in [-0.05, 0) is 69.0 Å². The summed E-state index contributed by atoms with van der Waals surface area (Å²) in [4.78, 5) is 30.0. The average molecular weight is 423 g/mol. The smallest absolute Gasteiger partial charge is 0.407 e. The molecule has 0 aliphatic carbocycles. The van der Waals surface area contributed by atoms with E-state index in [1.165, 1.54) is 12.1 Å². The van der Waals surface area contributed by atoms with Crippen molar-refractivity contribution in [2.75, 3.05) is 0 Å². The number of rotatable bonds is 2. The molecule has 1 N–H and O–H groups in total. The van der Waals surface area contributed by atoms with Crippen LogP contribution in [0.3, 0.4) is 0 Å². The van der Waals surface area contributed by atoms with Crippen molar-refractivity contribution < 1.29 is 13.9 Å². The maximum Gasteiger partial charge on any atom is 0.407 e. The molecule has 0 spiro atoms. The second-order valence-electron chi connectivity index (χ2n) is 8.90. The van der Waals surface area contributed by atoms with Gasteiger partial charge in [0.25, 0.3) is 5.56 Å². The van der Waals surface area contributed by atoms with Crippen LogP contribution in [0, 0.1) is 5.82 Å². The fourth-order valence-corrected chi connectivity index (χ4v) is 3.89. The van der Waals surface area contributed by atoms with E-state index < -0.39 is 11.7 Å². The highest BCUT2D eigenvalue weighted by Gasteiger charge is 2.23. The summed E-state index contributed by atoms with van der Waals surface area (Å²) in [6.45, 7) is 5.94. The molecular weight excluding hydrogens is 397 g/mol. The largest absolute Gasteiger partial charge is 0.444 e. The molecule has 1 aromatic heterocycles. The number of aryl methyl sites for hydroxylation is 1. The van der Waals surface area contributed by atoms with E-state index in [0.717, 1.165) is 11.1 Å². The van der Waals surface area contributed by atoms with Crippen molar-refractivity contribution in [3.05, 3.63) is 64.5 Å². The zero-order valence-electron chi connectivity index (χ0n) is 17.9. The molecule has 0 radical (unpaired) electrons. The number of nitrogens with one attached hydrogen (secondary N) is 1. The van der Waals surface area contributed by atoms with Gasteiger partial charge in [-0.2, -0.15) is 0 Å². The quantitative estimate of drug-likeness (QED) is 0.662. The van der Waals surface area contributed by atoms with Crippen LogP contribution < -0.4 is 10.9 Å². The number of nitrogens with zero attached hydrogens (tertiary/aromatic N) is 2. The van der Waals surface area contributed by atoms with E-state index >= 15 is 0 Å². The standard InChI is InChI=1S/C24H26FN3O3/c1-24(2,3)31-23(30)26-18-8-10-21-27-20-14-16(15-5-4-6-17(25)13-15)7-9-19(20)22(29)28(21)12-11-18/h4-7,9,13-14,18H,8,10-12H2,1-3H3,(H,26,30). The highest BCUT2D eigenvalue weighted by Crippen LogP contribution is 2.24. The molecule has 1 aliphatic rings. The third kappa shape index (κ3) is 4.76. The molecule has 1 atom stereocenters. The molecule has 4 rings (SSSR count). The van der Waals surface area contributed by atoms with Crippen molar-refractivity contribution in [1.82, 2.24) is 14.9 Å². The van der Waals surface area contributed by atoms with Crippen LogP contribution in [0.1, 0.15) is 39.4 Å². The van der Waals surface area contributed by atoms with E-state index in [1.807, 2.05) is 39.0 Å². The Bertz CT molecular complexity index is 1200. The molecule has 3 aromatic rings. The Balaban J connectivity index is 1.60. The molecule has 162 valence electrons. The van der Waals surface area contributed by atoms with Crippen LogP contribution in [0.4, 0.5) is 9.18 Å². The number of halogens is 1. The summed E-state index contributed by atoms with van der Waals surface area (Å²) in [5, 5.41) is 3.44. The number of carbonyl (C=O) groups is 1. The van der Waals surface area contributed by atoms with Gasteiger partial charge in [0, 0.05) is 19.0 Å². The summed E-state index contributed by atoms with van der Waals surface area (Å²) in [7, 11) is 0. The van der Waals surface area contributed by atoms with Crippen LogP contribution in [0.25, 0.3) is 22.0 Å². The van der Waals surface area contributed by atoms with Crippen LogP contribution in [-0.2, 0) is 17.7 Å². The van der Waals surface area contributed by atoms with Gasteiger partial charge in [0.1, 0.15) is 17.2 Å². The topological polar surface area (TPSA) is 73.2 Å². The molecule has 7 heteroatoms. The number of fused-ring (bicyclic) bond motifs is 2. The Morgan fingerprint density at radius 1 is 1.16 bits per heavy atom. The lowest BCUT2D eigenvalue weighted by Gasteiger charge is -2.22. The molecule has 31 heavy (non-hydrogen) atoms. The Morgan fingerprint density at radius 2 is 1.94 bits per heavy atom.